The van der Waals surface area contributed by atoms with Gasteiger partial charge in [0, 0.05) is 30.9 Å². The fraction of sp³-hybridized carbons (Fsp3) is 0.692. The van der Waals surface area contributed by atoms with Gasteiger partial charge in [0.25, 0.3) is 0 Å². The topological polar surface area (TPSA) is 49.3 Å². The molecule has 0 aromatic carbocycles. The number of halogens is 4. The summed E-state index contributed by atoms with van der Waals surface area (Å²) in [6, 6.07) is 0.458. The summed E-state index contributed by atoms with van der Waals surface area (Å²) >= 11 is 1.03. The Bertz CT molecular complexity index is 504. The monoisotopic (exact) mass is 448 g/mol. The van der Waals surface area contributed by atoms with Crippen LogP contribution in [-0.2, 0) is 12.6 Å². The number of alkyl halides is 3. The number of guanidine groups is 1. The van der Waals surface area contributed by atoms with E-state index in [1.165, 1.54) is 0 Å². The molecule has 1 aromatic rings. The summed E-state index contributed by atoms with van der Waals surface area (Å²) in [4.78, 5) is 7.97. The Hall–Kier alpha value is -0.580. The summed E-state index contributed by atoms with van der Waals surface area (Å²) in [6.07, 6.45) is -2.82. The number of rotatable bonds is 5. The minimum atomic E-state index is -4.36. The van der Waals surface area contributed by atoms with Crippen LogP contribution in [-0.4, -0.2) is 30.1 Å². The van der Waals surface area contributed by atoms with E-state index in [0.29, 0.717) is 29.9 Å². The zero-order valence-corrected chi connectivity index (χ0v) is 15.6. The summed E-state index contributed by atoms with van der Waals surface area (Å²) < 4.78 is 37.3. The third-order valence-electron chi connectivity index (χ3n) is 3.21. The first-order valence-electron chi connectivity index (χ1n) is 6.96. The van der Waals surface area contributed by atoms with Crippen LogP contribution in [0.4, 0.5) is 13.2 Å². The van der Waals surface area contributed by atoms with Crippen LogP contribution in [0.15, 0.2) is 10.4 Å². The average Bonchev–Trinajstić information content (AvgIpc) is 2.90. The van der Waals surface area contributed by atoms with Crippen molar-refractivity contribution >= 4 is 41.3 Å². The summed E-state index contributed by atoms with van der Waals surface area (Å²) in [5.41, 5.74) is -0.816. The zero-order chi connectivity index (χ0) is 15.5. The predicted octanol–water partition coefficient (Wildman–Crippen LogP) is 3.29. The van der Waals surface area contributed by atoms with E-state index in [1.807, 2.05) is 6.92 Å². The van der Waals surface area contributed by atoms with Gasteiger partial charge in [0.15, 0.2) is 11.7 Å². The van der Waals surface area contributed by atoms with E-state index in [2.05, 4.69) is 27.5 Å². The van der Waals surface area contributed by atoms with Crippen LogP contribution in [0, 0.1) is 5.92 Å². The van der Waals surface area contributed by atoms with Crippen molar-refractivity contribution in [2.45, 2.75) is 38.9 Å². The quantitative estimate of drug-likeness (QED) is 0.413. The highest BCUT2D eigenvalue weighted by atomic mass is 127. The van der Waals surface area contributed by atoms with Gasteiger partial charge in [-0.3, -0.25) is 4.99 Å². The van der Waals surface area contributed by atoms with E-state index in [-0.39, 0.29) is 24.0 Å². The number of hydrogen-bond acceptors (Lipinski definition) is 3. The first-order valence-corrected chi connectivity index (χ1v) is 7.84. The van der Waals surface area contributed by atoms with Crippen molar-refractivity contribution in [3.63, 3.8) is 0 Å². The molecule has 1 aliphatic rings. The number of hydrogen-bond donors (Lipinski definition) is 2. The molecule has 2 atom stereocenters. The van der Waals surface area contributed by atoms with Crippen molar-refractivity contribution in [1.82, 2.24) is 15.6 Å². The second kappa shape index (κ2) is 8.32. The van der Waals surface area contributed by atoms with Crippen LogP contribution >= 0.6 is 35.3 Å². The lowest BCUT2D eigenvalue weighted by atomic mass is 10.4. The van der Waals surface area contributed by atoms with Gasteiger partial charge in [0.2, 0.25) is 0 Å². The van der Waals surface area contributed by atoms with Gasteiger partial charge < -0.3 is 10.6 Å². The molecule has 1 heterocycles. The first-order chi connectivity index (χ1) is 9.90. The van der Waals surface area contributed by atoms with E-state index < -0.39 is 11.9 Å². The van der Waals surface area contributed by atoms with Crippen molar-refractivity contribution in [3.05, 3.63) is 16.1 Å². The molecule has 0 saturated heterocycles. The number of nitrogens with one attached hydrogen (secondary N) is 2. The molecule has 126 valence electrons. The lowest BCUT2D eigenvalue weighted by molar-refractivity contribution is -0.140. The minimum Gasteiger partial charge on any atom is -0.357 e. The molecule has 2 rings (SSSR count). The van der Waals surface area contributed by atoms with Crippen molar-refractivity contribution in [2.75, 3.05) is 13.1 Å². The number of aromatic nitrogens is 1. The smallest absolute Gasteiger partial charge is 0.357 e. The highest BCUT2D eigenvalue weighted by Gasteiger charge is 2.34. The Morgan fingerprint density at radius 1 is 1.50 bits per heavy atom. The number of aliphatic imine (C=N–C) groups is 1. The molecule has 0 amide bonds. The van der Waals surface area contributed by atoms with E-state index in [1.54, 1.807) is 0 Å². The van der Waals surface area contributed by atoms with Crippen LogP contribution in [0.2, 0.25) is 0 Å². The summed E-state index contributed by atoms with van der Waals surface area (Å²) in [6.45, 7) is 5.31. The maximum atomic E-state index is 12.4. The van der Waals surface area contributed by atoms with Crippen molar-refractivity contribution in [3.8, 4) is 0 Å². The van der Waals surface area contributed by atoms with Crippen LogP contribution in [0.1, 0.15) is 31.0 Å². The van der Waals surface area contributed by atoms with Gasteiger partial charge in [0.1, 0.15) is 0 Å². The fourth-order valence-corrected chi connectivity index (χ4v) is 2.63. The molecule has 2 N–H and O–H groups in total. The lowest BCUT2D eigenvalue weighted by Gasteiger charge is -2.10. The largest absolute Gasteiger partial charge is 0.434 e. The summed E-state index contributed by atoms with van der Waals surface area (Å²) in [5, 5.41) is 7.94. The summed E-state index contributed by atoms with van der Waals surface area (Å²) in [5.74, 6) is 1.38. The lowest BCUT2D eigenvalue weighted by Crippen LogP contribution is -2.39. The molecule has 1 aromatic heterocycles. The van der Waals surface area contributed by atoms with E-state index >= 15 is 0 Å². The molecule has 4 nitrogen and oxygen atoms in total. The second-order valence-electron chi connectivity index (χ2n) is 5.10. The fourth-order valence-electron chi connectivity index (χ4n) is 1.84. The molecule has 0 spiro atoms. The van der Waals surface area contributed by atoms with Crippen molar-refractivity contribution in [1.29, 1.82) is 0 Å². The maximum Gasteiger partial charge on any atom is 0.434 e. The Labute approximate surface area is 149 Å². The van der Waals surface area contributed by atoms with E-state index in [4.69, 9.17) is 0 Å². The summed E-state index contributed by atoms with van der Waals surface area (Å²) in [7, 11) is 0. The minimum absolute atomic E-state index is 0. The van der Waals surface area contributed by atoms with Crippen LogP contribution in [0.5, 0.6) is 0 Å². The third-order valence-corrected chi connectivity index (χ3v) is 4.12. The molecule has 0 bridgehead atoms. The van der Waals surface area contributed by atoms with Crippen LogP contribution in [0.25, 0.3) is 0 Å². The average molecular weight is 448 g/mol. The van der Waals surface area contributed by atoms with Gasteiger partial charge in [0.05, 0.1) is 5.01 Å². The third kappa shape index (κ3) is 5.90. The molecule has 1 fully saturated rings. The number of thiazole rings is 1. The highest BCUT2D eigenvalue weighted by molar-refractivity contribution is 14.0. The standard InChI is InChI=1S/C13H19F3N4S.HI/c1-3-17-12(19-9-6-8(9)2)18-5-4-11-20-10(7-21-11)13(14,15)16;/h7-9H,3-6H2,1-2H3,(H2,17,18,19);1H. The highest BCUT2D eigenvalue weighted by Crippen LogP contribution is 2.30. The van der Waals surface area contributed by atoms with Crippen LogP contribution in [0.3, 0.4) is 0 Å². The van der Waals surface area contributed by atoms with E-state index in [9.17, 15) is 13.2 Å². The Kier molecular flexibility index (Phi) is 7.36. The van der Waals surface area contributed by atoms with Crippen molar-refractivity contribution in [2.24, 2.45) is 10.9 Å². The first kappa shape index (κ1) is 19.5. The Morgan fingerprint density at radius 3 is 2.68 bits per heavy atom. The van der Waals surface area contributed by atoms with Gasteiger partial charge in [-0.1, -0.05) is 6.92 Å². The molecule has 22 heavy (non-hydrogen) atoms. The molecule has 2 unspecified atom stereocenters. The molecule has 1 aliphatic carbocycles. The molecular formula is C13H20F3IN4S. The Morgan fingerprint density at radius 2 is 2.18 bits per heavy atom. The van der Waals surface area contributed by atoms with Crippen molar-refractivity contribution < 1.29 is 13.2 Å². The van der Waals surface area contributed by atoms with Crippen LogP contribution < -0.4 is 10.6 Å². The van der Waals surface area contributed by atoms with Gasteiger partial charge in [-0.25, -0.2) is 4.98 Å². The Balaban J connectivity index is 0.00000242. The maximum absolute atomic E-state index is 12.4. The molecule has 1 saturated carbocycles. The molecule has 9 heteroatoms. The SMILES string of the molecule is CCNC(=NCCc1nc(C(F)(F)F)cs1)NC1CC1C.I. The molecular weight excluding hydrogens is 428 g/mol. The van der Waals surface area contributed by atoms with E-state index in [0.717, 1.165) is 35.6 Å². The molecule has 0 aliphatic heterocycles. The molecule has 0 radical (unpaired) electrons. The predicted molar refractivity (Wildman–Crippen MR) is 92.9 cm³/mol. The van der Waals surface area contributed by atoms with Gasteiger partial charge in [-0.2, -0.15) is 13.2 Å². The normalized spacial score (nSPS) is 21.2. The second-order valence-corrected chi connectivity index (χ2v) is 6.04. The zero-order valence-electron chi connectivity index (χ0n) is 12.4. The van der Waals surface area contributed by atoms with Gasteiger partial charge in [-0.05, 0) is 19.3 Å². The number of nitrogens with zero attached hydrogens (tertiary/aromatic N) is 2. The van der Waals surface area contributed by atoms with Gasteiger partial charge in [-0.15, -0.1) is 35.3 Å². The van der Waals surface area contributed by atoms with Gasteiger partial charge >= 0.3 is 6.18 Å².